The molecule has 2 unspecified atom stereocenters. The highest BCUT2D eigenvalue weighted by molar-refractivity contribution is 5.92. The number of esters is 1. The van der Waals surface area contributed by atoms with Crippen molar-refractivity contribution in [1.82, 2.24) is 0 Å². The third-order valence-corrected chi connectivity index (χ3v) is 3.47. The molecular formula is C15H18O3. The molecule has 2 rings (SSSR count). The summed E-state index contributed by atoms with van der Waals surface area (Å²) in [4.78, 5) is 23.7. The SMILES string of the molecule is CCOC(=O)CC1CCC(c2ccccc2)C1=O. The lowest BCUT2D eigenvalue weighted by Crippen LogP contribution is -2.17. The number of hydrogen-bond acceptors (Lipinski definition) is 3. The van der Waals surface area contributed by atoms with E-state index in [2.05, 4.69) is 0 Å². The average molecular weight is 246 g/mol. The Bertz CT molecular complexity index is 425. The van der Waals surface area contributed by atoms with Gasteiger partial charge in [-0.2, -0.15) is 0 Å². The fourth-order valence-corrected chi connectivity index (χ4v) is 2.58. The molecule has 0 radical (unpaired) electrons. The fourth-order valence-electron chi connectivity index (χ4n) is 2.58. The molecule has 0 N–H and O–H groups in total. The molecule has 1 saturated carbocycles. The lowest BCUT2D eigenvalue weighted by molar-refractivity contribution is -0.145. The van der Waals surface area contributed by atoms with Gasteiger partial charge in [0.1, 0.15) is 5.78 Å². The molecule has 0 saturated heterocycles. The van der Waals surface area contributed by atoms with Gasteiger partial charge in [0, 0.05) is 11.8 Å². The first-order chi connectivity index (χ1) is 8.72. The van der Waals surface area contributed by atoms with E-state index in [0.29, 0.717) is 6.61 Å². The molecule has 3 nitrogen and oxygen atoms in total. The van der Waals surface area contributed by atoms with E-state index in [0.717, 1.165) is 18.4 Å². The summed E-state index contributed by atoms with van der Waals surface area (Å²) >= 11 is 0. The molecular weight excluding hydrogens is 228 g/mol. The van der Waals surface area contributed by atoms with Gasteiger partial charge in [-0.3, -0.25) is 9.59 Å². The van der Waals surface area contributed by atoms with Crippen molar-refractivity contribution in [1.29, 1.82) is 0 Å². The first-order valence-electron chi connectivity index (χ1n) is 6.46. The number of ether oxygens (including phenoxy) is 1. The van der Waals surface area contributed by atoms with Crippen LogP contribution in [0.2, 0.25) is 0 Å². The molecule has 0 spiro atoms. The number of ketones is 1. The summed E-state index contributed by atoms with van der Waals surface area (Å²) in [6.45, 7) is 2.16. The summed E-state index contributed by atoms with van der Waals surface area (Å²) in [5, 5.41) is 0. The normalized spacial score (nSPS) is 23.1. The molecule has 18 heavy (non-hydrogen) atoms. The van der Waals surface area contributed by atoms with Crippen LogP contribution < -0.4 is 0 Å². The Morgan fingerprint density at radius 3 is 2.67 bits per heavy atom. The van der Waals surface area contributed by atoms with Crippen molar-refractivity contribution in [2.75, 3.05) is 6.61 Å². The maximum atomic E-state index is 12.2. The van der Waals surface area contributed by atoms with Gasteiger partial charge in [-0.05, 0) is 25.3 Å². The lowest BCUT2D eigenvalue weighted by atomic mass is 9.94. The first kappa shape index (κ1) is 12.8. The van der Waals surface area contributed by atoms with Crippen LogP contribution in [0.15, 0.2) is 30.3 Å². The topological polar surface area (TPSA) is 43.4 Å². The summed E-state index contributed by atoms with van der Waals surface area (Å²) < 4.78 is 4.90. The molecule has 0 bridgehead atoms. The Balaban J connectivity index is 1.99. The summed E-state index contributed by atoms with van der Waals surface area (Å²) in [5.74, 6) is -0.265. The second-order valence-corrected chi connectivity index (χ2v) is 4.65. The predicted molar refractivity (Wildman–Crippen MR) is 68.2 cm³/mol. The van der Waals surface area contributed by atoms with Crippen molar-refractivity contribution in [2.24, 2.45) is 5.92 Å². The molecule has 1 aliphatic carbocycles. The molecule has 1 aromatic rings. The minimum atomic E-state index is -0.260. The smallest absolute Gasteiger partial charge is 0.306 e. The van der Waals surface area contributed by atoms with Gasteiger partial charge in [0.25, 0.3) is 0 Å². The van der Waals surface area contributed by atoms with Gasteiger partial charge in [0.05, 0.1) is 13.0 Å². The molecule has 0 aliphatic heterocycles. The Morgan fingerprint density at radius 2 is 2.00 bits per heavy atom. The van der Waals surface area contributed by atoms with Crippen molar-refractivity contribution in [3.63, 3.8) is 0 Å². The first-order valence-corrected chi connectivity index (χ1v) is 6.46. The van der Waals surface area contributed by atoms with E-state index in [1.165, 1.54) is 0 Å². The minimum absolute atomic E-state index is 0.0365. The largest absolute Gasteiger partial charge is 0.466 e. The molecule has 3 heteroatoms. The quantitative estimate of drug-likeness (QED) is 0.767. The molecule has 2 atom stereocenters. The van der Waals surface area contributed by atoms with E-state index in [-0.39, 0.29) is 30.0 Å². The highest BCUT2D eigenvalue weighted by Crippen LogP contribution is 2.36. The standard InChI is InChI=1S/C15H18O3/c1-2-18-14(16)10-12-8-9-13(15(12)17)11-6-4-3-5-7-11/h3-7,12-13H,2,8-10H2,1H3. The van der Waals surface area contributed by atoms with Gasteiger partial charge >= 0.3 is 5.97 Å². The van der Waals surface area contributed by atoms with Crippen molar-refractivity contribution in [3.8, 4) is 0 Å². The summed E-state index contributed by atoms with van der Waals surface area (Å²) in [5.41, 5.74) is 1.06. The zero-order chi connectivity index (χ0) is 13.0. The van der Waals surface area contributed by atoms with E-state index in [4.69, 9.17) is 4.74 Å². The fraction of sp³-hybridized carbons (Fsp3) is 0.467. The van der Waals surface area contributed by atoms with E-state index in [9.17, 15) is 9.59 Å². The molecule has 1 aromatic carbocycles. The molecule has 0 aromatic heterocycles. The summed E-state index contributed by atoms with van der Waals surface area (Å²) in [6.07, 6.45) is 1.86. The van der Waals surface area contributed by atoms with E-state index in [1.807, 2.05) is 30.3 Å². The zero-order valence-electron chi connectivity index (χ0n) is 10.6. The predicted octanol–water partition coefficient (Wildman–Crippen LogP) is 2.70. The maximum absolute atomic E-state index is 12.2. The van der Waals surface area contributed by atoms with Gasteiger partial charge in [0.2, 0.25) is 0 Å². The van der Waals surface area contributed by atoms with Crippen LogP contribution in [0.4, 0.5) is 0 Å². The van der Waals surface area contributed by atoms with Crippen molar-refractivity contribution in [3.05, 3.63) is 35.9 Å². The summed E-state index contributed by atoms with van der Waals surface area (Å²) in [7, 11) is 0. The van der Waals surface area contributed by atoms with Crippen LogP contribution in [0.25, 0.3) is 0 Å². The van der Waals surface area contributed by atoms with Gasteiger partial charge in [-0.1, -0.05) is 30.3 Å². The number of carbonyl (C=O) groups is 2. The van der Waals surface area contributed by atoms with Crippen LogP contribution in [0.1, 0.15) is 37.7 Å². The summed E-state index contributed by atoms with van der Waals surface area (Å²) in [6, 6.07) is 9.80. The lowest BCUT2D eigenvalue weighted by Gasteiger charge is -2.10. The second kappa shape index (κ2) is 5.80. The average Bonchev–Trinajstić information content (AvgIpc) is 2.72. The third kappa shape index (κ3) is 2.78. The minimum Gasteiger partial charge on any atom is -0.466 e. The number of benzene rings is 1. The van der Waals surface area contributed by atoms with Crippen LogP contribution in [-0.4, -0.2) is 18.4 Å². The van der Waals surface area contributed by atoms with Gasteiger partial charge in [-0.25, -0.2) is 0 Å². The van der Waals surface area contributed by atoms with Crippen LogP contribution in [0.5, 0.6) is 0 Å². The number of carbonyl (C=O) groups excluding carboxylic acids is 2. The molecule has 0 heterocycles. The highest BCUT2D eigenvalue weighted by atomic mass is 16.5. The highest BCUT2D eigenvalue weighted by Gasteiger charge is 2.36. The number of hydrogen-bond donors (Lipinski definition) is 0. The molecule has 1 fully saturated rings. The number of Topliss-reactive ketones (excluding diaryl/α,β-unsaturated/α-hetero) is 1. The Morgan fingerprint density at radius 1 is 1.28 bits per heavy atom. The Hall–Kier alpha value is -1.64. The van der Waals surface area contributed by atoms with Crippen molar-refractivity contribution < 1.29 is 14.3 Å². The molecule has 96 valence electrons. The van der Waals surface area contributed by atoms with Crippen LogP contribution in [0.3, 0.4) is 0 Å². The molecule has 0 amide bonds. The monoisotopic (exact) mass is 246 g/mol. The molecule has 1 aliphatic rings. The zero-order valence-corrected chi connectivity index (χ0v) is 10.6. The van der Waals surface area contributed by atoms with Gasteiger partial charge < -0.3 is 4.74 Å². The van der Waals surface area contributed by atoms with Crippen LogP contribution in [0, 0.1) is 5.92 Å². The number of rotatable bonds is 4. The third-order valence-electron chi connectivity index (χ3n) is 3.47. The van der Waals surface area contributed by atoms with E-state index < -0.39 is 0 Å². The van der Waals surface area contributed by atoms with Gasteiger partial charge in [0.15, 0.2) is 0 Å². The van der Waals surface area contributed by atoms with E-state index >= 15 is 0 Å². The van der Waals surface area contributed by atoms with Crippen LogP contribution >= 0.6 is 0 Å². The van der Waals surface area contributed by atoms with Crippen molar-refractivity contribution in [2.45, 2.75) is 32.1 Å². The Labute approximate surface area is 107 Å². The second-order valence-electron chi connectivity index (χ2n) is 4.65. The van der Waals surface area contributed by atoms with Gasteiger partial charge in [-0.15, -0.1) is 0 Å². The van der Waals surface area contributed by atoms with Crippen LogP contribution in [-0.2, 0) is 14.3 Å². The van der Waals surface area contributed by atoms with E-state index in [1.54, 1.807) is 6.92 Å². The Kier molecular flexibility index (Phi) is 4.13. The maximum Gasteiger partial charge on any atom is 0.306 e. The van der Waals surface area contributed by atoms with Crippen molar-refractivity contribution >= 4 is 11.8 Å².